The van der Waals surface area contributed by atoms with E-state index in [2.05, 4.69) is 15.6 Å². The van der Waals surface area contributed by atoms with Gasteiger partial charge in [-0.25, -0.2) is 9.78 Å². The monoisotopic (exact) mass is 397 g/mol. The molecular formula is C19H19N5O5. The first-order valence-electron chi connectivity index (χ1n) is 8.61. The Hall–Kier alpha value is -4.08. The topological polar surface area (TPSA) is 138 Å². The number of aromatic hydroxyl groups is 1. The van der Waals surface area contributed by atoms with Crippen LogP contribution in [0.3, 0.4) is 0 Å². The van der Waals surface area contributed by atoms with Gasteiger partial charge in [0.25, 0.3) is 5.56 Å². The zero-order valence-electron chi connectivity index (χ0n) is 15.4. The maximum absolute atomic E-state index is 12.4. The van der Waals surface area contributed by atoms with Crippen molar-refractivity contribution < 1.29 is 19.8 Å². The molecule has 29 heavy (non-hydrogen) atoms. The van der Waals surface area contributed by atoms with Crippen molar-refractivity contribution in [2.75, 3.05) is 5.32 Å². The van der Waals surface area contributed by atoms with E-state index in [0.29, 0.717) is 5.56 Å². The predicted octanol–water partition coefficient (Wildman–Crippen LogP) is 1.61. The highest BCUT2D eigenvalue weighted by Crippen LogP contribution is 2.21. The summed E-state index contributed by atoms with van der Waals surface area (Å²) in [6, 6.07) is 6.54. The molecular weight excluding hydrogens is 378 g/mol. The molecule has 0 fully saturated rings. The lowest BCUT2D eigenvalue weighted by Crippen LogP contribution is -2.36. The van der Waals surface area contributed by atoms with Crippen LogP contribution in [-0.2, 0) is 11.8 Å². The molecule has 0 aliphatic rings. The molecule has 10 heteroatoms. The Bertz CT molecular complexity index is 1090. The van der Waals surface area contributed by atoms with Crippen LogP contribution >= 0.6 is 0 Å². The average Bonchev–Trinajstić information content (AvgIpc) is 3.22. The van der Waals surface area contributed by atoms with Gasteiger partial charge in [0, 0.05) is 31.3 Å². The van der Waals surface area contributed by atoms with Gasteiger partial charge < -0.3 is 30.0 Å². The van der Waals surface area contributed by atoms with E-state index in [1.165, 1.54) is 23.9 Å². The first-order valence-corrected chi connectivity index (χ1v) is 8.61. The second kappa shape index (κ2) is 8.30. The van der Waals surface area contributed by atoms with Crippen molar-refractivity contribution >= 4 is 17.7 Å². The average molecular weight is 397 g/mol. The van der Waals surface area contributed by atoms with Crippen molar-refractivity contribution in [2.24, 2.45) is 7.05 Å². The summed E-state index contributed by atoms with van der Waals surface area (Å²) in [5.41, 5.74) is 0.400. The zero-order chi connectivity index (χ0) is 21.0. The van der Waals surface area contributed by atoms with Gasteiger partial charge in [0.05, 0.1) is 18.8 Å². The van der Waals surface area contributed by atoms with E-state index in [4.69, 9.17) is 0 Å². The van der Waals surface area contributed by atoms with Crippen LogP contribution in [-0.4, -0.2) is 36.3 Å². The van der Waals surface area contributed by atoms with Crippen LogP contribution in [0.5, 0.6) is 5.75 Å². The number of hydrogen-bond donors (Lipinski definition) is 4. The summed E-state index contributed by atoms with van der Waals surface area (Å²) >= 11 is 0. The summed E-state index contributed by atoms with van der Waals surface area (Å²) in [7, 11) is 1.47. The number of rotatable bonds is 6. The Balaban J connectivity index is 1.84. The molecule has 2 heterocycles. The molecule has 2 aromatic heterocycles. The molecule has 2 amide bonds. The van der Waals surface area contributed by atoms with Gasteiger partial charge >= 0.3 is 12.0 Å². The maximum Gasteiger partial charge on any atom is 0.319 e. The number of urea groups is 1. The predicted molar refractivity (Wildman–Crippen MR) is 104 cm³/mol. The van der Waals surface area contributed by atoms with Crippen LogP contribution in [0.1, 0.15) is 18.0 Å². The van der Waals surface area contributed by atoms with Crippen LogP contribution in [0.2, 0.25) is 0 Å². The number of aromatic nitrogens is 3. The minimum Gasteiger partial charge on any atom is -0.505 e. The second-order valence-electron chi connectivity index (χ2n) is 6.31. The standard InChI is InChI=1S/C19H19N5O5/c1-23-7-5-15(25)17(18(23)28)22-19(29)21-14(10-16(26)27)12-3-2-4-13(9-12)24-8-6-20-11-24/h2-9,11,14,25H,10H2,1H3,(H,26,27)(H2,21,22,29)/t14-/m0/s1. The van der Waals surface area contributed by atoms with Crippen molar-refractivity contribution in [1.82, 2.24) is 19.4 Å². The van der Waals surface area contributed by atoms with Gasteiger partial charge in [0.1, 0.15) is 5.75 Å². The number of carboxylic acids is 1. The molecule has 4 N–H and O–H groups in total. The fourth-order valence-electron chi connectivity index (χ4n) is 2.79. The number of benzene rings is 1. The quantitative estimate of drug-likeness (QED) is 0.498. The normalized spacial score (nSPS) is 11.6. The molecule has 0 bridgehead atoms. The number of aryl methyl sites for hydroxylation is 1. The van der Waals surface area contributed by atoms with E-state index in [1.807, 2.05) is 6.07 Å². The molecule has 3 rings (SSSR count). The number of hydrogen-bond acceptors (Lipinski definition) is 5. The van der Waals surface area contributed by atoms with Crippen LogP contribution < -0.4 is 16.2 Å². The number of nitrogens with zero attached hydrogens (tertiary/aromatic N) is 3. The van der Waals surface area contributed by atoms with E-state index < -0.39 is 23.6 Å². The van der Waals surface area contributed by atoms with Gasteiger partial charge in [-0.2, -0.15) is 0 Å². The van der Waals surface area contributed by atoms with E-state index >= 15 is 0 Å². The van der Waals surface area contributed by atoms with Crippen LogP contribution in [0.25, 0.3) is 5.69 Å². The molecule has 3 aromatic rings. The Morgan fingerprint density at radius 1 is 1.24 bits per heavy atom. The Morgan fingerprint density at radius 2 is 2.03 bits per heavy atom. The molecule has 1 aromatic carbocycles. The first kappa shape index (κ1) is 19.7. The third kappa shape index (κ3) is 4.61. The molecule has 150 valence electrons. The zero-order valence-corrected chi connectivity index (χ0v) is 15.4. The number of carboxylic acid groups (broad SMARTS) is 1. The first-order chi connectivity index (χ1) is 13.8. The summed E-state index contributed by atoms with van der Waals surface area (Å²) < 4.78 is 2.94. The van der Waals surface area contributed by atoms with Crippen molar-refractivity contribution in [1.29, 1.82) is 0 Å². The summed E-state index contributed by atoms with van der Waals surface area (Å²) in [5, 5.41) is 23.9. The Morgan fingerprint density at radius 3 is 2.72 bits per heavy atom. The lowest BCUT2D eigenvalue weighted by atomic mass is 10.0. The summed E-state index contributed by atoms with van der Waals surface area (Å²) in [4.78, 5) is 39.8. The molecule has 0 aliphatic heterocycles. The molecule has 0 saturated carbocycles. The van der Waals surface area contributed by atoms with E-state index in [0.717, 1.165) is 5.69 Å². The molecule has 0 spiro atoms. The molecule has 0 unspecified atom stereocenters. The molecule has 10 nitrogen and oxygen atoms in total. The number of carbonyl (C=O) groups is 2. The van der Waals surface area contributed by atoms with Crippen molar-refractivity contribution in [3.05, 3.63) is 71.2 Å². The lowest BCUT2D eigenvalue weighted by molar-refractivity contribution is -0.137. The number of carbonyl (C=O) groups excluding carboxylic acids is 1. The van der Waals surface area contributed by atoms with Gasteiger partial charge in [0.2, 0.25) is 0 Å². The van der Waals surface area contributed by atoms with E-state index in [-0.39, 0.29) is 17.9 Å². The van der Waals surface area contributed by atoms with Crippen molar-refractivity contribution in [2.45, 2.75) is 12.5 Å². The highest BCUT2D eigenvalue weighted by molar-refractivity contribution is 5.91. The number of anilines is 1. The minimum absolute atomic E-state index is 0.297. The molecule has 0 saturated heterocycles. The van der Waals surface area contributed by atoms with Crippen molar-refractivity contribution in [3.63, 3.8) is 0 Å². The van der Waals surface area contributed by atoms with Gasteiger partial charge in [0.15, 0.2) is 5.69 Å². The number of imidazole rings is 1. The number of aliphatic carboxylic acids is 1. The fraction of sp³-hybridized carbons (Fsp3) is 0.158. The summed E-state index contributed by atoms with van der Waals surface area (Å²) in [6.07, 6.45) is 5.92. The van der Waals surface area contributed by atoms with Crippen LogP contribution in [0, 0.1) is 0 Å². The smallest absolute Gasteiger partial charge is 0.319 e. The van der Waals surface area contributed by atoms with E-state index in [9.17, 15) is 24.6 Å². The van der Waals surface area contributed by atoms with Crippen LogP contribution in [0.15, 0.2) is 60.0 Å². The molecule has 0 aliphatic carbocycles. The Labute approximate surface area is 165 Å². The highest BCUT2D eigenvalue weighted by Gasteiger charge is 2.20. The SMILES string of the molecule is Cn1ccc(O)c(NC(=O)N[C@@H](CC(=O)O)c2cccc(-n3ccnc3)c2)c1=O. The maximum atomic E-state index is 12.4. The van der Waals surface area contributed by atoms with Gasteiger partial charge in [-0.15, -0.1) is 0 Å². The van der Waals surface area contributed by atoms with Crippen molar-refractivity contribution in [3.8, 4) is 11.4 Å². The summed E-state index contributed by atoms with van der Waals surface area (Å²) in [5.74, 6) is -1.50. The second-order valence-corrected chi connectivity index (χ2v) is 6.31. The fourth-order valence-corrected chi connectivity index (χ4v) is 2.79. The molecule has 0 radical (unpaired) electrons. The number of pyridine rings is 1. The summed E-state index contributed by atoms with van der Waals surface area (Å²) in [6.45, 7) is 0. The van der Waals surface area contributed by atoms with Gasteiger partial charge in [-0.05, 0) is 23.8 Å². The third-order valence-electron chi connectivity index (χ3n) is 4.24. The largest absolute Gasteiger partial charge is 0.505 e. The van der Waals surface area contributed by atoms with Gasteiger partial charge in [-0.3, -0.25) is 9.59 Å². The minimum atomic E-state index is -1.11. The number of nitrogens with one attached hydrogen (secondary N) is 2. The van der Waals surface area contributed by atoms with E-state index in [1.54, 1.807) is 41.5 Å². The Kier molecular flexibility index (Phi) is 5.63. The van der Waals surface area contributed by atoms with Crippen LogP contribution in [0.4, 0.5) is 10.5 Å². The third-order valence-corrected chi connectivity index (χ3v) is 4.24. The van der Waals surface area contributed by atoms with Gasteiger partial charge in [-0.1, -0.05) is 12.1 Å². The number of amides is 2. The molecule has 1 atom stereocenters. The highest BCUT2D eigenvalue weighted by atomic mass is 16.4. The lowest BCUT2D eigenvalue weighted by Gasteiger charge is -2.19.